The molecular weight excluding hydrogens is 322 g/mol. The second-order valence-corrected chi connectivity index (χ2v) is 8.47. The van der Waals surface area contributed by atoms with E-state index in [1.807, 2.05) is 0 Å². The molecule has 0 aliphatic heterocycles. The monoisotopic (exact) mass is 347 g/mol. The van der Waals surface area contributed by atoms with Crippen molar-refractivity contribution in [1.29, 1.82) is 0 Å². The van der Waals surface area contributed by atoms with Crippen molar-refractivity contribution >= 4 is 17.5 Å². The second kappa shape index (κ2) is 5.94. The number of methoxy groups -OCH3 is 1. The van der Waals surface area contributed by atoms with Crippen LogP contribution in [0.2, 0.25) is 5.02 Å². The third-order valence-corrected chi connectivity index (χ3v) is 6.77. The van der Waals surface area contributed by atoms with Crippen LogP contribution in [0.15, 0.2) is 18.2 Å². The number of benzene rings is 1. The third kappa shape index (κ3) is 2.52. The van der Waals surface area contributed by atoms with Crippen LogP contribution in [-0.4, -0.2) is 30.0 Å². The van der Waals surface area contributed by atoms with Gasteiger partial charge in [0.05, 0.1) is 12.7 Å². The Hall–Kier alpha value is -1.22. The van der Waals surface area contributed by atoms with E-state index < -0.39 is 0 Å². The Morgan fingerprint density at radius 2 is 1.79 bits per heavy atom. The lowest BCUT2D eigenvalue weighted by molar-refractivity contribution is -0.0731. The first-order valence-electron chi connectivity index (χ1n) is 9.20. The van der Waals surface area contributed by atoms with Gasteiger partial charge in [-0.05, 0) is 81.4 Å². The second-order valence-electron chi connectivity index (χ2n) is 8.04. The Kier molecular flexibility index (Phi) is 4.03. The van der Waals surface area contributed by atoms with Crippen LogP contribution in [-0.2, 0) is 0 Å². The maximum atomic E-state index is 13.4. The predicted molar refractivity (Wildman–Crippen MR) is 95.6 cm³/mol. The molecule has 0 atom stereocenters. The van der Waals surface area contributed by atoms with Crippen molar-refractivity contribution in [2.75, 3.05) is 13.7 Å². The first-order chi connectivity index (χ1) is 11.5. The third-order valence-electron chi connectivity index (χ3n) is 6.53. The van der Waals surface area contributed by atoms with Crippen LogP contribution in [0.3, 0.4) is 0 Å². The molecule has 0 spiro atoms. The standard InChI is InChI=1S/C20H26ClNO2/c1-3-22(19(23)17-9-16(21)4-5-18(17)24-2)20-10-13-6-14(11-20)8-15(7-13)12-20/h4-5,9,13-15H,3,6-8,10-12H2,1-2H3. The molecule has 4 aliphatic rings. The maximum Gasteiger partial charge on any atom is 0.258 e. The van der Waals surface area contributed by atoms with E-state index in [0.29, 0.717) is 16.3 Å². The summed E-state index contributed by atoms with van der Waals surface area (Å²) >= 11 is 6.16. The summed E-state index contributed by atoms with van der Waals surface area (Å²) in [5.74, 6) is 3.16. The molecule has 1 amide bonds. The average Bonchev–Trinajstić information content (AvgIpc) is 2.53. The van der Waals surface area contributed by atoms with Gasteiger partial charge in [0, 0.05) is 17.1 Å². The fraction of sp³-hybridized carbons (Fsp3) is 0.650. The van der Waals surface area contributed by atoms with Crippen molar-refractivity contribution in [3.63, 3.8) is 0 Å². The van der Waals surface area contributed by atoms with Crippen LogP contribution in [0.5, 0.6) is 5.75 Å². The minimum atomic E-state index is 0.0634. The van der Waals surface area contributed by atoms with E-state index in [1.54, 1.807) is 25.3 Å². The topological polar surface area (TPSA) is 29.5 Å². The lowest BCUT2D eigenvalue weighted by atomic mass is 9.52. The molecule has 0 N–H and O–H groups in total. The number of carbonyl (C=O) groups is 1. The van der Waals surface area contributed by atoms with Gasteiger partial charge in [0.15, 0.2) is 0 Å². The summed E-state index contributed by atoms with van der Waals surface area (Å²) in [6.45, 7) is 2.86. The van der Waals surface area contributed by atoms with Crippen molar-refractivity contribution in [3.8, 4) is 5.75 Å². The zero-order valence-electron chi connectivity index (χ0n) is 14.6. The van der Waals surface area contributed by atoms with Gasteiger partial charge in [-0.3, -0.25) is 4.79 Å². The zero-order chi connectivity index (χ0) is 16.9. The van der Waals surface area contributed by atoms with E-state index >= 15 is 0 Å². The van der Waals surface area contributed by atoms with Crippen LogP contribution in [0, 0.1) is 17.8 Å². The molecule has 4 aliphatic carbocycles. The lowest BCUT2D eigenvalue weighted by Crippen LogP contribution is -2.61. The van der Waals surface area contributed by atoms with Crippen LogP contribution in [0.4, 0.5) is 0 Å². The number of amides is 1. The Bertz CT molecular complexity index is 622. The quantitative estimate of drug-likeness (QED) is 0.784. The van der Waals surface area contributed by atoms with Crippen molar-refractivity contribution in [2.45, 2.75) is 51.0 Å². The summed E-state index contributed by atoms with van der Waals surface area (Å²) in [6, 6.07) is 5.33. The van der Waals surface area contributed by atoms with Gasteiger partial charge in [0.1, 0.15) is 5.75 Å². The summed E-state index contributed by atoms with van der Waals surface area (Å²) in [6.07, 6.45) is 7.69. The van der Waals surface area contributed by atoms with Gasteiger partial charge in [-0.2, -0.15) is 0 Å². The fourth-order valence-electron chi connectivity index (χ4n) is 6.08. The maximum absolute atomic E-state index is 13.4. The smallest absolute Gasteiger partial charge is 0.258 e. The predicted octanol–water partition coefficient (Wildman–Crippen LogP) is 4.78. The number of hydrogen-bond acceptors (Lipinski definition) is 2. The number of ether oxygens (including phenoxy) is 1. The van der Waals surface area contributed by atoms with Crippen molar-refractivity contribution in [3.05, 3.63) is 28.8 Å². The van der Waals surface area contributed by atoms with E-state index in [4.69, 9.17) is 16.3 Å². The molecular formula is C20H26ClNO2. The summed E-state index contributed by atoms with van der Waals surface area (Å²) in [5, 5.41) is 0.584. The molecule has 0 unspecified atom stereocenters. The average molecular weight is 348 g/mol. The van der Waals surface area contributed by atoms with Gasteiger partial charge >= 0.3 is 0 Å². The molecule has 0 heterocycles. The van der Waals surface area contributed by atoms with Crippen molar-refractivity contribution in [1.82, 2.24) is 4.90 Å². The molecule has 0 saturated heterocycles. The highest BCUT2D eigenvalue weighted by molar-refractivity contribution is 6.31. The van der Waals surface area contributed by atoms with Crippen LogP contribution < -0.4 is 4.74 Å². The molecule has 130 valence electrons. The highest BCUT2D eigenvalue weighted by Gasteiger charge is 2.54. The largest absolute Gasteiger partial charge is 0.496 e. The van der Waals surface area contributed by atoms with Gasteiger partial charge in [-0.15, -0.1) is 0 Å². The van der Waals surface area contributed by atoms with E-state index in [0.717, 1.165) is 24.3 Å². The van der Waals surface area contributed by atoms with Crippen molar-refractivity contribution in [2.24, 2.45) is 17.8 Å². The van der Waals surface area contributed by atoms with Crippen LogP contribution >= 0.6 is 11.6 Å². The van der Waals surface area contributed by atoms with Gasteiger partial charge in [0.25, 0.3) is 5.91 Å². The minimum absolute atomic E-state index is 0.0634. The van der Waals surface area contributed by atoms with Crippen molar-refractivity contribution < 1.29 is 9.53 Å². The highest BCUT2D eigenvalue weighted by atomic mass is 35.5. The SMILES string of the molecule is CCN(C(=O)c1cc(Cl)ccc1OC)C12CC3CC(CC(C3)C1)C2. The molecule has 1 aromatic rings. The van der Waals surface area contributed by atoms with Gasteiger partial charge in [0.2, 0.25) is 0 Å². The molecule has 0 radical (unpaired) electrons. The molecule has 0 aromatic heterocycles. The van der Waals surface area contributed by atoms with E-state index in [2.05, 4.69) is 11.8 Å². The summed E-state index contributed by atoms with van der Waals surface area (Å²) in [4.78, 5) is 15.6. The summed E-state index contributed by atoms with van der Waals surface area (Å²) < 4.78 is 5.43. The van der Waals surface area contributed by atoms with E-state index in [1.165, 1.54) is 38.5 Å². The Labute approximate surface area is 149 Å². The highest BCUT2D eigenvalue weighted by Crippen LogP contribution is 2.58. The van der Waals surface area contributed by atoms with Crippen LogP contribution in [0.25, 0.3) is 0 Å². The number of halogens is 1. The Morgan fingerprint density at radius 1 is 1.21 bits per heavy atom. The molecule has 1 aromatic carbocycles. The summed E-state index contributed by atoms with van der Waals surface area (Å²) in [7, 11) is 1.61. The first-order valence-corrected chi connectivity index (χ1v) is 9.58. The van der Waals surface area contributed by atoms with Gasteiger partial charge < -0.3 is 9.64 Å². The van der Waals surface area contributed by atoms with Gasteiger partial charge in [-0.1, -0.05) is 11.6 Å². The number of carbonyl (C=O) groups excluding carboxylic acids is 1. The van der Waals surface area contributed by atoms with Crippen LogP contribution in [0.1, 0.15) is 55.8 Å². The molecule has 4 bridgehead atoms. The minimum Gasteiger partial charge on any atom is -0.496 e. The fourth-order valence-corrected chi connectivity index (χ4v) is 6.25. The van der Waals surface area contributed by atoms with E-state index in [9.17, 15) is 4.79 Å². The number of rotatable bonds is 4. The normalized spacial score (nSPS) is 33.5. The Balaban J connectivity index is 1.69. The summed E-state index contributed by atoms with van der Waals surface area (Å²) in [5.41, 5.74) is 0.663. The van der Waals surface area contributed by atoms with Gasteiger partial charge in [-0.25, -0.2) is 0 Å². The molecule has 4 heteroatoms. The Morgan fingerprint density at radius 3 is 2.29 bits per heavy atom. The number of nitrogens with zero attached hydrogens (tertiary/aromatic N) is 1. The molecule has 5 rings (SSSR count). The number of hydrogen-bond donors (Lipinski definition) is 0. The molecule has 3 nitrogen and oxygen atoms in total. The molecule has 24 heavy (non-hydrogen) atoms. The van der Waals surface area contributed by atoms with E-state index in [-0.39, 0.29) is 11.4 Å². The molecule has 4 fully saturated rings. The lowest BCUT2D eigenvalue weighted by Gasteiger charge is -2.60. The zero-order valence-corrected chi connectivity index (χ0v) is 15.3. The first kappa shape index (κ1) is 16.3. The molecule has 4 saturated carbocycles.